The average Bonchev–Trinajstić information content (AvgIpc) is 2.54. The Kier molecular flexibility index (Phi) is 4.54. The van der Waals surface area contributed by atoms with E-state index < -0.39 is 0 Å². The Morgan fingerprint density at radius 2 is 1.86 bits per heavy atom. The predicted octanol–water partition coefficient (Wildman–Crippen LogP) is 3.86. The Morgan fingerprint density at radius 3 is 2.33 bits per heavy atom. The van der Waals surface area contributed by atoms with Gasteiger partial charge in [-0.15, -0.1) is 0 Å². The van der Waals surface area contributed by atoms with Gasteiger partial charge in [-0.05, 0) is 18.3 Å². The van der Waals surface area contributed by atoms with Gasteiger partial charge in [-0.3, -0.25) is 10.1 Å². The van der Waals surface area contributed by atoms with Crippen LogP contribution in [0.3, 0.4) is 0 Å². The number of anilines is 1. The average molecular weight is 294 g/mol. The van der Waals surface area contributed by atoms with Crippen LogP contribution in [0, 0.1) is 15.5 Å². The van der Waals surface area contributed by atoms with Crippen LogP contribution in [0.1, 0.15) is 71.0 Å². The van der Waals surface area contributed by atoms with Crippen molar-refractivity contribution in [2.75, 3.05) is 5.73 Å². The van der Waals surface area contributed by atoms with Gasteiger partial charge in [0.05, 0.1) is 11.0 Å². The second-order valence-electron chi connectivity index (χ2n) is 7.27. The number of nitrogens with two attached hydrogens (primary N) is 1. The number of hydrogen-bond acceptors (Lipinski definition) is 4. The third kappa shape index (κ3) is 3.74. The van der Waals surface area contributed by atoms with Crippen LogP contribution in [0.4, 0.5) is 11.5 Å². The molecule has 0 aromatic carbocycles. The molecular formula is C15H26N4O2. The van der Waals surface area contributed by atoms with Gasteiger partial charge in [0.1, 0.15) is 5.69 Å². The molecule has 0 amide bonds. The normalized spacial score (nSPS) is 17.7. The zero-order valence-electron chi connectivity index (χ0n) is 13.3. The molecule has 1 aromatic heterocycles. The lowest BCUT2D eigenvalue weighted by Gasteiger charge is -2.16. The number of nitrogen functional groups attached to an aromatic ring is 1. The van der Waals surface area contributed by atoms with Gasteiger partial charge in [0, 0.05) is 6.42 Å². The van der Waals surface area contributed by atoms with E-state index in [9.17, 15) is 10.1 Å². The van der Waals surface area contributed by atoms with E-state index in [1.54, 1.807) is 4.68 Å². The van der Waals surface area contributed by atoms with Crippen molar-refractivity contribution in [3.8, 4) is 0 Å². The number of rotatable bonds is 3. The van der Waals surface area contributed by atoms with Crippen molar-refractivity contribution >= 4 is 11.5 Å². The second kappa shape index (κ2) is 6.03. The van der Waals surface area contributed by atoms with Crippen molar-refractivity contribution in [1.82, 2.24) is 9.78 Å². The number of aromatic nitrogens is 2. The molecule has 0 unspecified atom stereocenters. The lowest BCUT2D eigenvalue weighted by Crippen LogP contribution is -2.14. The Bertz CT molecular complexity index is 508. The molecule has 2 N–H and O–H groups in total. The summed E-state index contributed by atoms with van der Waals surface area (Å²) in [5.74, 6) is 0.228. The highest BCUT2D eigenvalue weighted by molar-refractivity contribution is 5.57. The van der Waals surface area contributed by atoms with Crippen LogP contribution in [0.25, 0.3) is 0 Å². The van der Waals surface area contributed by atoms with Crippen molar-refractivity contribution in [1.29, 1.82) is 0 Å². The van der Waals surface area contributed by atoms with E-state index >= 15 is 0 Å². The summed E-state index contributed by atoms with van der Waals surface area (Å²) in [5, 5.41) is 15.9. The molecule has 1 heterocycles. The summed E-state index contributed by atoms with van der Waals surface area (Å²) in [4.78, 5) is 11.0. The summed E-state index contributed by atoms with van der Waals surface area (Å²) >= 11 is 0. The SMILES string of the molecule is CC(C)(C)Cc1nn(C2CCCCCC2)c(N)c1[N+](=O)[O-]. The van der Waals surface area contributed by atoms with E-state index in [2.05, 4.69) is 25.9 Å². The molecule has 21 heavy (non-hydrogen) atoms. The van der Waals surface area contributed by atoms with Crippen LogP contribution >= 0.6 is 0 Å². The van der Waals surface area contributed by atoms with E-state index in [0.717, 1.165) is 25.7 Å². The van der Waals surface area contributed by atoms with Crippen molar-refractivity contribution in [2.45, 2.75) is 71.8 Å². The topological polar surface area (TPSA) is 87.0 Å². The molecule has 118 valence electrons. The fraction of sp³-hybridized carbons (Fsp3) is 0.800. The summed E-state index contributed by atoms with van der Waals surface area (Å²) in [5.41, 5.74) is 6.54. The molecule has 0 aliphatic heterocycles. The number of hydrogen-bond donors (Lipinski definition) is 1. The lowest BCUT2D eigenvalue weighted by molar-refractivity contribution is -0.384. The Balaban J connectivity index is 2.38. The molecule has 0 atom stereocenters. The van der Waals surface area contributed by atoms with Crippen LogP contribution in [0.5, 0.6) is 0 Å². The van der Waals surface area contributed by atoms with E-state index in [-0.39, 0.29) is 27.9 Å². The molecule has 2 rings (SSSR count). The molecule has 0 bridgehead atoms. The summed E-state index contributed by atoms with van der Waals surface area (Å²) in [7, 11) is 0. The van der Waals surface area contributed by atoms with Gasteiger partial charge in [0.2, 0.25) is 5.82 Å². The van der Waals surface area contributed by atoms with Gasteiger partial charge in [-0.1, -0.05) is 46.5 Å². The van der Waals surface area contributed by atoms with Crippen molar-refractivity contribution < 1.29 is 4.92 Å². The molecule has 1 aromatic rings. The van der Waals surface area contributed by atoms with E-state index in [0.29, 0.717) is 12.1 Å². The van der Waals surface area contributed by atoms with Gasteiger partial charge in [-0.25, -0.2) is 4.68 Å². The van der Waals surface area contributed by atoms with Crippen LogP contribution in [-0.2, 0) is 6.42 Å². The summed E-state index contributed by atoms with van der Waals surface area (Å²) in [6.45, 7) is 6.16. The predicted molar refractivity (Wildman–Crippen MR) is 83.2 cm³/mol. The highest BCUT2D eigenvalue weighted by atomic mass is 16.6. The van der Waals surface area contributed by atoms with Gasteiger partial charge >= 0.3 is 5.69 Å². The Labute approximate surface area is 125 Å². The first-order chi connectivity index (χ1) is 9.79. The summed E-state index contributed by atoms with van der Waals surface area (Å²) in [6, 6.07) is 0.208. The molecular weight excluding hydrogens is 268 g/mol. The number of nitro groups is 1. The first-order valence-electron chi connectivity index (χ1n) is 7.81. The molecule has 0 radical (unpaired) electrons. The van der Waals surface area contributed by atoms with Crippen LogP contribution in [0.2, 0.25) is 0 Å². The summed E-state index contributed by atoms with van der Waals surface area (Å²) in [6.07, 6.45) is 7.34. The third-order valence-electron chi connectivity index (χ3n) is 4.04. The van der Waals surface area contributed by atoms with E-state index in [1.807, 2.05) is 0 Å². The first kappa shape index (κ1) is 15.8. The Hall–Kier alpha value is -1.59. The maximum absolute atomic E-state index is 11.4. The van der Waals surface area contributed by atoms with Crippen molar-refractivity contribution in [2.24, 2.45) is 5.41 Å². The first-order valence-corrected chi connectivity index (χ1v) is 7.81. The molecule has 1 fully saturated rings. The van der Waals surface area contributed by atoms with Gasteiger partial charge < -0.3 is 5.73 Å². The summed E-state index contributed by atoms with van der Waals surface area (Å²) < 4.78 is 1.73. The van der Waals surface area contributed by atoms with E-state index in [1.165, 1.54) is 12.8 Å². The maximum Gasteiger partial charge on any atom is 0.333 e. The third-order valence-corrected chi connectivity index (χ3v) is 4.04. The van der Waals surface area contributed by atoms with Gasteiger partial charge in [0.25, 0.3) is 0 Å². The number of nitrogens with zero attached hydrogens (tertiary/aromatic N) is 3. The highest BCUT2D eigenvalue weighted by Gasteiger charge is 2.31. The Morgan fingerprint density at radius 1 is 1.29 bits per heavy atom. The molecule has 0 saturated heterocycles. The van der Waals surface area contributed by atoms with Crippen LogP contribution in [0.15, 0.2) is 0 Å². The fourth-order valence-corrected chi connectivity index (χ4v) is 3.09. The van der Waals surface area contributed by atoms with Crippen molar-refractivity contribution in [3.63, 3.8) is 0 Å². The van der Waals surface area contributed by atoms with E-state index in [4.69, 9.17) is 5.73 Å². The van der Waals surface area contributed by atoms with Gasteiger partial charge in [-0.2, -0.15) is 5.10 Å². The highest BCUT2D eigenvalue weighted by Crippen LogP contribution is 2.36. The minimum absolute atomic E-state index is 0.00849. The molecule has 0 spiro atoms. The monoisotopic (exact) mass is 294 g/mol. The zero-order chi connectivity index (χ0) is 15.6. The zero-order valence-corrected chi connectivity index (χ0v) is 13.3. The fourth-order valence-electron chi connectivity index (χ4n) is 3.09. The van der Waals surface area contributed by atoms with Crippen molar-refractivity contribution in [3.05, 3.63) is 15.8 Å². The maximum atomic E-state index is 11.4. The lowest BCUT2D eigenvalue weighted by atomic mass is 9.90. The standard InChI is InChI=1S/C15H26N4O2/c1-15(2,3)10-12-13(19(20)21)14(16)18(17-12)11-8-6-4-5-7-9-11/h11H,4-10,16H2,1-3H3. The van der Waals surface area contributed by atoms with Crippen LogP contribution in [-0.4, -0.2) is 14.7 Å². The molecule has 6 nitrogen and oxygen atoms in total. The molecule has 1 saturated carbocycles. The van der Waals surface area contributed by atoms with Crippen LogP contribution < -0.4 is 5.73 Å². The second-order valence-corrected chi connectivity index (χ2v) is 7.27. The minimum Gasteiger partial charge on any atom is -0.378 e. The molecule has 6 heteroatoms. The largest absolute Gasteiger partial charge is 0.378 e. The van der Waals surface area contributed by atoms with Gasteiger partial charge in [0.15, 0.2) is 0 Å². The molecule has 1 aliphatic rings. The quantitative estimate of drug-likeness (QED) is 0.521. The smallest absolute Gasteiger partial charge is 0.333 e. The molecule has 1 aliphatic carbocycles. The minimum atomic E-state index is -0.378.